The van der Waals surface area contributed by atoms with Gasteiger partial charge in [-0.3, -0.25) is 0 Å². The molecule has 0 radical (unpaired) electrons. The lowest BCUT2D eigenvalue weighted by Gasteiger charge is -2.05. The molecule has 4 aromatic rings. The van der Waals surface area contributed by atoms with Gasteiger partial charge in [-0.2, -0.15) is 4.98 Å². The van der Waals surface area contributed by atoms with E-state index in [4.69, 9.17) is 4.42 Å². The van der Waals surface area contributed by atoms with E-state index in [1.807, 2.05) is 78.9 Å². The molecule has 2 N–H and O–H groups in total. The number of oxazole rings is 1. The normalized spacial score (nSPS) is 10.6. The minimum Gasteiger partial charge on any atom is -0.423 e. The van der Waals surface area contributed by atoms with Crippen LogP contribution >= 0.6 is 0 Å². The summed E-state index contributed by atoms with van der Waals surface area (Å²) in [5.74, 6) is 0. The number of hydrogen-bond donors (Lipinski definition) is 2. The van der Waals surface area contributed by atoms with Gasteiger partial charge in [-0.25, -0.2) is 0 Å². The van der Waals surface area contributed by atoms with Gasteiger partial charge in [0.15, 0.2) is 5.58 Å². The molecule has 0 aliphatic rings. The van der Waals surface area contributed by atoms with E-state index >= 15 is 0 Å². The van der Waals surface area contributed by atoms with E-state index in [0.717, 1.165) is 28.2 Å². The topological polar surface area (TPSA) is 50.1 Å². The molecular weight excluding hydrogens is 286 g/mol. The number of benzene rings is 3. The molecule has 0 unspecified atom stereocenters. The number of nitrogens with one attached hydrogen (secondary N) is 2. The van der Waals surface area contributed by atoms with E-state index in [2.05, 4.69) is 15.6 Å². The molecule has 1 heterocycles. The Hall–Kier alpha value is -3.27. The molecule has 0 atom stereocenters. The highest BCUT2D eigenvalue weighted by atomic mass is 16.4. The number of aromatic nitrogens is 1. The Balaban J connectivity index is 1.67. The molecule has 4 heteroatoms. The lowest BCUT2D eigenvalue weighted by molar-refractivity contribution is 0.623. The van der Waals surface area contributed by atoms with Crippen LogP contribution < -0.4 is 10.6 Å². The second kappa shape index (κ2) is 5.85. The zero-order valence-corrected chi connectivity index (χ0v) is 12.4. The molecule has 0 saturated carbocycles. The smallest absolute Gasteiger partial charge is 0.300 e. The first-order valence-electron chi connectivity index (χ1n) is 7.42. The van der Waals surface area contributed by atoms with Gasteiger partial charge in [-0.05, 0) is 36.4 Å². The second-order valence-corrected chi connectivity index (χ2v) is 5.15. The van der Waals surface area contributed by atoms with Crippen LogP contribution in [0.1, 0.15) is 0 Å². The summed E-state index contributed by atoms with van der Waals surface area (Å²) in [4.78, 5) is 4.56. The highest BCUT2D eigenvalue weighted by Crippen LogP contribution is 2.29. The SMILES string of the molecule is c1ccc(Nc2nc3c(Nc4ccccc4)cccc3o2)cc1. The van der Waals surface area contributed by atoms with Gasteiger partial charge in [0.1, 0.15) is 5.52 Å². The third-order valence-electron chi connectivity index (χ3n) is 3.50. The van der Waals surface area contributed by atoms with Crippen LogP contribution in [0.25, 0.3) is 11.1 Å². The van der Waals surface area contributed by atoms with Crippen molar-refractivity contribution >= 4 is 34.2 Å². The first-order valence-corrected chi connectivity index (χ1v) is 7.42. The molecule has 3 aromatic carbocycles. The van der Waals surface area contributed by atoms with Crippen molar-refractivity contribution in [3.8, 4) is 0 Å². The average molecular weight is 301 g/mol. The fourth-order valence-electron chi connectivity index (χ4n) is 2.42. The number of rotatable bonds is 4. The first kappa shape index (κ1) is 13.4. The first-order chi connectivity index (χ1) is 11.4. The van der Waals surface area contributed by atoms with E-state index < -0.39 is 0 Å². The summed E-state index contributed by atoms with van der Waals surface area (Å²) in [5, 5.41) is 6.55. The van der Waals surface area contributed by atoms with E-state index in [9.17, 15) is 0 Å². The van der Waals surface area contributed by atoms with E-state index in [1.54, 1.807) is 0 Å². The van der Waals surface area contributed by atoms with Gasteiger partial charge in [0.05, 0.1) is 5.69 Å². The van der Waals surface area contributed by atoms with E-state index in [1.165, 1.54) is 0 Å². The van der Waals surface area contributed by atoms with Gasteiger partial charge in [0, 0.05) is 11.4 Å². The maximum atomic E-state index is 5.79. The molecular formula is C19H15N3O. The summed E-state index contributed by atoms with van der Waals surface area (Å²) >= 11 is 0. The van der Waals surface area contributed by atoms with Gasteiger partial charge >= 0.3 is 0 Å². The van der Waals surface area contributed by atoms with Gasteiger partial charge in [0.2, 0.25) is 0 Å². The standard InChI is InChI=1S/C19H15N3O/c1-3-8-14(9-4-1)20-16-12-7-13-17-18(16)22-19(23-17)21-15-10-5-2-6-11-15/h1-13,20H,(H,21,22). The number of anilines is 4. The zero-order chi connectivity index (χ0) is 15.5. The van der Waals surface area contributed by atoms with Crippen LogP contribution in [0.5, 0.6) is 0 Å². The van der Waals surface area contributed by atoms with Crippen molar-refractivity contribution in [1.82, 2.24) is 4.98 Å². The molecule has 0 aliphatic carbocycles. The van der Waals surface area contributed by atoms with Crippen LogP contribution in [0.3, 0.4) is 0 Å². The van der Waals surface area contributed by atoms with Gasteiger partial charge in [-0.15, -0.1) is 0 Å². The van der Waals surface area contributed by atoms with Gasteiger partial charge in [-0.1, -0.05) is 42.5 Å². The number of fused-ring (bicyclic) bond motifs is 1. The summed E-state index contributed by atoms with van der Waals surface area (Å²) in [6.07, 6.45) is 0. The van der Waals surface area contributed by atoms with Crippen LogP contribution in [0.2, 0.25) is 0 Å². The lowest BCUT2D eigenvalue weighted by Crippen LogP contribution is -1.91. The second-order valence-electron chi connectivity index (χ2n) is 5.15. The van der Waals surface area contributed by atoms with Crippen LogP contribution in [0.15, 0.2) is 83.3 Å². The van der Waals surface area contributed by atoms with Crippen LogP contribution in [-0.2, 0) is 0 Å². The fraction of sp³-hybridized carbons (Fsp3) is 0. The molecule has 0 spiro atoms. The van der Waals surface area contributed by atoms with Crippen molar-refractivity contribution in [3.63, 3.8) is 0 Å². The maximum absolute atomic E-state index is 5.79. The van der Waals surface area contributed by atoms with Crippen molar-refractivity contribution in [3.05, 3.63) is 78.9 Å². The van der Waals surface area contributed by atoms with Crippen LogP contribution in [0, 0.1) is 0 Å². The predicted molar refractivity (Wildman–Crippen MR) is 93.5 cm³/mol. The van der Waals surface area contributed by atoms with Crippen molar-refractivity contribution in [2.45, 2.75) is 0 Å². The Bertz CT molecular complexity index is 917. The Kier molecular flexibility index (Phi) is 3.41. The minimum atomic E-state index is 0.480. The summed E-state index contributed by atoms with van der Waals surface area (Å²) in [6.45, 7) is 0. The third kappa shape index (κ3) is 2.87. The molecule has 4 nitrogen and oxygen atoms in total. The van der Waals surface area contributed by atoms with Crippen molar-refractivity contribution in [2.24, 2.45) is 0 Å². The summed E-state index contributed by atoms with van der Waals surface area (Å²) in [7, 11) is 0. The van der Waals surface area contributed by atoms with Crippen molar-refractivity contribution in [2.75, 3.05) is 10.6 Å². The molecule has 1 aromatic heterocycles. The Labute approximate surface area is 133 Å². The fourth-order valence-corrected chi connectivity index (χ4v) is 2.42. The van der Waals surface area contributed by atoms with Crippen LogP contribution in [0.4, 0.5) is 23.1 Å². The third-order valence-corrected chi connectivity index (χ3v) is 3.50. The molecule has 0 bridgehead atoms. The molecule has 112 valence electrons. The molecule has 0 amide bonds. The lowest BCUT2D eigenvalue weighted by atomic mass is 10.2. The molecule has 4 rings (SSSR count). The quantitative estimate of drug-likeness (QED) is 0.536. The molecule has 0 fully saturated rings. The van der Waals surface area contributed by atoms with Gasteiger partial charge < -0.3 is 15.1 Å². The minimum absolute atomic E-state index is 0.480. The van der Waals surface area contributed by atoms with E-state index in [-0.39, 0.29) is 0 Å². The van der Waals surface area contributed by atoms with Gasteiger partial charge in [0.25, 0.3) is 6.01 Å². The average Bonchev–Trinajstić information content (AvgIpc) is 3.00. The highest BCUT2D eigenvalue weighted by molar-refractivity contribution is 5.90. The Morgan fingerprint density at radius 1 is 0.652 bits per heavy atom. The van der Waals surface area contributed by atoms with Crippen molar-refractivity contribution < 1.29 is 4.42 Å². The molecule has 0 saturated heterocycles. The molecule has 23 heavy (non-hydrogen) atoms. The Morgan fingerprint density at radius 3 is 2.00 bits per heavy atom. The van der Waals surface area contributed by atoms with Crippen molar-refractivity contribution in [1.29, 1.82) is 0 Å². The Morgan fingerprint density at radius 2 is 1.30 bits per heavy atom. The summed E-state index contributed by atoms with van der Waals surface area (Å²) in [6, 6.07) is 26.2. The van der Waals surface area contributed by atoms with Crippen LogP contribution in [-0.4, -0.2) is 4.98 Å². The highest BCUT2D eigenvalue weighted by Gasteiger charge is 2.10. The monoisotopic (exact) mass is 301 g/mol. The maximum Gasteiger partial charge on any atom is 0.300 e. The largest absolute Gasteiger partial charge is 0.423 e. The summed E-state index contributed by atoms with van der Waals surface area (Å²) < 4.78 is 5.79. The molecule has 0 aliphatic heterocycles. The van der Waals surface area contributed by atoms with E-state index in [0.29, 0.717) is 6.01 Å². The summed E-state index contributed by atoms with van der Waals surface area (Å²) in [5.41, 5.74) is 4.41. The zero-order valence-electron chi connectivity index (χ0n) is 12.4. The number of hydrogen-bond acceptors (Lipinski definition) is 4. The number of nitrogens with zero attached hydrogens (tertiary/aromatic N) is 1. The number of para-hydroxylation sites is 3. The predicted octanol–water partition coefficient (Wildman–Crippen LogP) is 5.32.